The zero-order valence-electron chi connectivity index (χ0n) is 23.3. The molecule has 12 heteroatoms. The lowest BCUT2D eigenvalue weighted by Gasteiger charge is -2.05. The largest absolute Gasteiger partial charge is 0.462 e. The van der Waals surface area contributed by atoms with Crippen molar-refractivity contribution in [1.29, 1.82) is 0 Å². The van der Waals surface area contributed by atoms with Crippen LogP contribution >= 0.6 is 23.6 Å². The predicted molar refractivity (Wildman–Crippen MR) is 165 cm³/mol. The average molecular weight is 591 g/mol. The number of anilines is 2. The monoisotopic (exact) mass is 590 g/mol. The van der Waals surface area contributed by atoms with Crippen molar-refractivity contribution < 1.29 is 19.1 Å². The normalized spacial score (nSPS) is 10.2. The second-order valence-electron chi connectivity index (χ2n) is 8.77. The van der Waals surface area contributed by atoms with Gasteiger partial charge in [-0.05, 0) is 45.0 Å². The Morgan fingerprint density at radius 1 is 0.878 bits per heavy atom. The third-order valence-electron chi connectivity index (χ3n) is 5.18. The van der Waals surface area contributed by atoms with Crippen LogP contribution in [-0.2, 0) is 14.3 Å². The summed E-state index contributed by atoms with van der Waals surface area (Å²) in [7, 11) is 0. The Hall–Kier alpha value is -4.55. The minimum atomic E-state index is -0.395. The lowest BCUT2D eigenvalue weighted by Crippen LogP contribution is -2.13. The van der Waals surface area contributed by atoms with Crippen molar-refractivity contribution in [3.8, 4) is 21.8 Å². The molecule has 0 spiro atoms. The first-order valence-electron chi connectivity index (χ1n) is 12.5. The van der Waals surface area contributed by atoms with Crippen LogP contribution in [-0.4, -0.2) is 44.3 Å². The van der Waals surface area contributed by atoms with Crippen molar-refractivity contribution in [2.75, 3.05) is 17.2 Å². The van der Waals surface area contributed by atoms with Crippen molar-refractivity contribution in [3.63, 3.8) is 0 Å². The summed E-state index contributed by atoms with van der Waals surface area (Å²) in [4.78, 5) is 48.4. The molecule has 0 aliphatic heterocycles. The molecule has 3 aromatic heterocycles. The van der Waals surface area contributed by atoms with Crippen LogP contribution in [0.1, 0.15) is 47.4 Å². The van der Waals surface area contributed by atoms with Gasteiger partial charge in [-0.25, -0.2) is 19.7 Å². The number of hydrogen-bond donors (Lipinski definition) is 3. The second-order valence-corrected chi connectivity index (χ2v) is 10.2. The molecule has 2 amide bonds. The number of rotatable bonds is 7. The number of benzene rings is 1. The third-order valence-corrected chi connectivity index (χ3v) is 6.50. The summed E-state index contributed by atoms with van der Waals surface area (Å²) < 4.78 is 5.20. The Kier molecular flexibility index (Phi) is 10.7. The van der Waals surface area contributed by atoms with Gasteiger partial charge < -0.3 is 21.1 Å². The Morgan fingerprint density at radius 2 is 1.46 bits per heavy atom. The van der Waals surface area contributed by atoms with Crippen LogP contribution in [0.4, 0.5) is 11.6 Å². The highest BCUT2D eigenvalue weighted by Crippen LogP contribution is 2.35. The van der Waals surface area contributed by atoms with Gasteiger partial charge in [-0.15, -0.1) is 11.3 Å². The van der Waals surface area contributed by atoms with Crippen LogP contribution < -0.4 is 16.4 Å². The van der Waals surface area contributed by atoms with Gasteiger partial charge in [0.2, 0.25) is 11.8 Å². The number of thiocarbonyl (C=S) groups is 1. The van der Waals surface area contributed by atoms with Crippen LogP contribution in [0.15, 0.2) is 54.6 Å². The fourth-order valence-corrected chi connectivity index (χ4v) is 4.75. The molecular weight excluding hydrogens is 560 g/mol. The Bertz CT molecular complexity index is 1590. The van der Waals surface area contributed by atoms with E-state index in [2.05, 4.69) is 20.6 Å². The van der Waals surface area contributed by atoms with Crippen LogP contribution in [0, 0.1) is 13.8 Å². The Morgan fingerprint density at radius 3 is 2.02 bits per heavy atom. The molecule has 212 valence electrons. The summed E-state index contributed by atoms with van der Waals surface area (Å²) in [6, 6.07) is 16.6. The molecule has 4 rings (SSSR count). The maximum absolute atomic E-state index is 12.4. The number of thiazole rings is 1. The summed E-state index contributed by atoms with van der Waals surface area (Å²) in [5, 5.41) is 5.92. The van der Waals surface area contributed by atoms with E-state index in [9.17, 15) is 14.4 Å². The fourth-order valence-electron chi connectivity index (χ4n) is 3.66. The number of nitrogens with two attached hydrogens (primary N) is 1. The number of pyridine rings is 2. The average Bonchev–Trinajstić information content (AvgIpc) is 3.34. The Balaban J connectivity index is 0.000000278. The van der Waals surface area contributed by atoms with E-state index in [0.29, 0.717) is 44.4 Å². The first-order valence-corrected chi connectivity index (χ1v) is 13.7. The van der Waals surface area contributed by atoms with Gasteiger partial charge >= 0.3 is 5.97 Å². The van der Waals surface area contributed by atoms with E-state index >= 15 is 0 Å². The highest BCUT2D eigenvalue weighted by molar-refractivity contribution is 7.80. The van der Waals surface area contributed by atoms with Crippen LogP contribution in [0.5, 0.6) is 0 Å². The molecule has 10 nitrogen and oxygen atoms in total. The molecule has 0 saturated heterocycles. The fraction of sp³-hybridized carbons (Fsp3) is 0.207. The van der Waals surface area contributed by atoms with Crippen molar-refractivity contribution in [3.05, 3.63) is 76.4 Å². The molecule has 0 fully saturated rings. The highest BCUT2D eigenvalue weighted by Gasteiger charge is 2.21. The first-order chi connectivity index (χ1) is 19.5. The lowest BCUT2D eigenvalue weighted by molar-refractivity contribution is -0.115. The smallest absolute Gasteiger partial charge is 0.350 e. The van der Waals surface area contributed by atoms with Crippen molar-refractivity contribution in [2.24, 2.45) is 5.73 Å². The maximum Gasteiger partial charge on any atom is 0.350 e. The molecule has 0 bridgehead atoms. The van der Waals surface area contributed by atoms with Gasteiger partial charge in [0.1, 0.15) is 26.5 Å². The number of amides is 2. The number of esters is 1. The van der Waals surface area contributed by atoms with E-state index in [-0.39, 0.29) is 11.8 Å². The molecule has 0 aliphatic carbocycles. The zero-order chi connectivity index (χ0) is 30.1. The number of carbonyl (C=O) groups excluding carboxylic acids is 3. The van der Waals surface area contributed by atoms with Crippen molar-refractivity contribution in [1.82, 2.24) is 15.0 Å². The SMILES string of the molecule is CC(=O)Nc1cc(C(N)=S)cc(C)n1.CCOC(=O)c1sc(-c2cc(C)nc(NC(C)=O)c2)nc1-c1ccccc1. The summed E-state index contributed by atoms with van der Waals surface area (Å²) in [6.45, 7) is 8.57. The number of ether oxygens (including phenoxy) is 1. The van der Waals surface area contributed by atoms with Gasteiger partial charge in [0, 0.05) is 41.9 Å². The maximum atomic E-state index is 12.4. The summed E-state index contributed by atoms with van der Waals surface area (Å²) in [6.07, 6.45) is 0. The molecule has 41 heavy (non-hydrogen) atoms. The van der Waals surface area contributed by atoms with Gasteiger partial charge in [0.15, 0.2) is 0 Å². The molecule has 0 radical (unpaired) electrons. The number of hydrogen-bond acceptors (Lipinski definition) is 9. The quantitative estimate of drug-likeness (QED) is 0.193. The summed E-state index contributed by atoms with van der Waals surface area (Å²) in [5.41, 5.74) is 9.89. The van der Waals surface area contributed by atoms with Crippen molar-refractivity contribution in [2.45, 2.75) is 34.6 Å². The number of carbonyl (C=O) groups is 3. The van der Waals surface area contributed by atoms with E-state index < -0.39 is 5.97 Å². The molecule has 0 aliphatic rings. The van der Waals surface area contributed by atoms with E-state index in [1.807, 2.05) is 50.2 Å². The molecule has 0 saturated carbocycles. The van der Waals surface area contributed by atoms with E-state index in [4.69, 9.17) is 27.7 Å². The van der Waals surface area contributed by atoms with Crippen LogP contribution in [0.2, 0.25) is 0 Å². The summed E-state index contributed by atoms with van der Waals surface area (Å²) in [5.74, 6) is 0.160. The number of aromatic nitrogens is 3. The third kappa shape index (κ3) is 8.98. The number of aryl methyl sites for hydroxylation is 2. The molecule has 0 unspecified atom stereocenters. The molecule has 4 aromatic rings. The standard InChI is InChI=1S/C20H19N3O3S.C9H11N3OS/c1-4-26-20(25)18-17(14-8-6-5-7-9-14)23-19(27-18)15-10-12(2)21-16(11-15)22-13(3)24;1-5-3-7(9(10)14)4-8(11-5)12-6(2)13/h5-11H,4H2,1-3H3,(H,21,22,24);3-4H,1-2H3,(H2,10,14)(H,11,12,13). The molecule has 1 aromatic carbocycles. The first kappa shape index (κ1) is 31.0. The van der Waals surface area contributed by atoms with Crippen molar-refractivity contribution >= 4 is 58.0 Å². The highest BCUT2D eigenvalue weighted by atomic mass is 32.1. The van der Waals surface area contributed by atoms with Gasteiger partial charge in [-0.1, -0.05) is 42.5 Å². The van der Waals surface area contributed by atoms with Crippen LogP contribution in [0.3, 0.4) is 0 Å². The molecular formula is C29H30N6O4S2. The van der Waals surface area contributed by atoms with Gasteiger partial charge in [0.05, 0.1) is 12.3 Å². The number of nitrogens with zero attached hydrogens (tertiary/aromatic N) is 3. The minimum Gasteiger partial charge on any atom is -0.462 e. The molecule has 3 heterocycles. The van der Waals surface area contributed by atoms with E-state index in [1.54, 1.807) is 25.1 Å². The lowest BCUT2D eigenvalue weighted by atomic mass is 10.1. The minimum absolute atomic E-state index is 0.169. The van der Waals surface area contributed by atoms with E-state index in [0.717, 1.165) is 22.5 Å². The Labute approximate surface area is 247 Å². The van der Waals surface area contributed by atoms with Gasteiger partial charge in [0.25, 0.3) is 0 Å². The predicted octanol–water partition coefficient (Wildman–Crippen LogP) is 5.30. The summed E-state index contributed by atoms with van der Waals surface area (Å²) >= 11 is 6.10. The van der Waals surface area contributed by atoms with Gasteiger partial charge in [-0.3, -0.25) is 9.59 Å². The molecule has 4 N–H and O–H groups in total. The van der Waals surface area contributed by atoms with Crippen LogP contribution in [0.25, 0.3) is 21.8 Å². The topological polar surface area (TPSA) is 149 Å². The van der Waals surface area contributed by atoms with E-state index in [1.165, 1.54) is 25.2 Å². The molecule has 0 atom stereocenters. The number of nitrogens with one attached hydrogen (secondary N) is 2. The van der Waals surface area contributed by atoms with Gasteiger partial charge in [-0.2, -0.15) is 0 Å². The second kappa shape index (κ2) is 14.2. The zero-order valence-corrected chi connectivity index (χ0v) is 24.9.